The summed E-state index contributed by atoms with van der Waals surface area (Å²) in [4.78, 5) is 19.6. The first-order chi connectivity index (χ1) is 12.1. The Morgan fingerprint density at radius 3 is 2.68 bits per heavy atom. The van der Waals surface area contributed by atoms with Crippen LogP contribution in [-0.2, 0) is 23.1 Å². The molecule has 1 N–H and O–H groups in total. The summed E-state index contributed by atoms with van der Waals surface area (Å²) in [6, 6.07) is 0.303. The topological polar surface area (TPSA) is 59.4 Å². The van der Waals surface area contributed by atoms with Crippen LogP contribution >= 0.6 is 0 Å². The Hall–Kier alpha value is -1.40. The highest BCUT2D eigenvalue weighted by molar-refractivity contribution is 5.79. The Kier molecular flexibility index (Phi) is 4.82. The number of carbonyl (C=O) groups is 1. The summed E-state index contributed by atoms with van der Waals surface area (Å²) in [5.74, 6) is 2.85. The average Bonchev–Trinajstić information content (AvgIpc) is 3.33. The molecule has 138 valence electrons. The number of ether oxygens (including phenoxy) is 1. The molecule has 0 unspecified atom stereocenters. The van der Waals surface area contributed by atoms with Crippen molar-refractivity contribution in [1.82, 2.24) is 19.8 Å². The van der Waals surface area contributed by atoms with E-state index in [9.17, 15) is 4.79 Å². The van der Waals surface area contributed by atoms with E-state index < -0.39 is 0 Å². The molecule has 1 aromatic heterocycles. The van der Waals surface area contributed by atoms with Crippen molar-refractivity contribution in [2.75, 3.05) is 26.3 Å². The fourth-order valence-corrected chi connectivity index (χ4v) is 4.38. The lowest BCUT2D eigenvalue weighted by molar-refractivity contribution is -0.128. The van der Waals surface area contributed by atoms with Crippen LogP contribution in [-0.4, -0.2) is 52.7 Å². The van der Waals surface area contributed by atoms with Crippen LogP contribution in [0.5, 0.6) is 0 Å². The second-order valence-electron chi connectivity index (χ2n) is 8.05. The summed E-state index contributed by atoms with van der Waals surface area (Å²) in [5.41, 5.74) is 1.25. The van der Waals surface area contributed by atoms with Gasteiger partial charge in [0.2, 0.25) is 5.91 Å². The molecule has 3 heterocycles. The zero-order valence-corrected chi connectivity index (χ0v) is 15.4. The number of aryl methyl sites for hydroxylation is 1. The lowest BCUT2D eigenvalue weighted by Gasteiger charge is -2.25. The maximum absolute atomic E-state index is 12.7. The minimum Gasteiger partial charge on any atom is -0.381 e. The number of imidazole rings is 1. The summed E-state index contributed by atoms with van der Waals surface area (Å²) >= 11 is 0. The zero-order valence-electron chi connectivity index (χ0n) is 15.4. The molecule has 0 radical (unpaired) electrons. The van der Waals surface area contributed by atoms with Crippen molar-refractivity contribution in [2.24, 2.45) is 24.8 Å². The van der Waals surface area contributed by atoms with E-state index in [0.717, 1.165) is 57.4 Å². The van der Waals surface area contributed by atoms with Gasteiger partial charge in [-0.25, -0.2) is 4.98 Å². The van der Waals surface area contributed by atoms with Gasteiger partial charge in [-0.2, -0.15) is 0 Å². The van der Waals surface area contributed by atoms with Crippen molar-refractivity contribution in [3.63, 3.8) is 0 Å². The summed E-state index contributed by atoms with van der Waals surface area (Å²) in [7, 11) is 2.08. The molecule has 6 nitrogen and oxygen atoms in total. The predicted octanol–water partition coefficient (Wildman–Crippen LogP) is 1.48. The second kappa shape index (κ2) is 7.08. The zero-order chi connectivity index (χ0) is 17.4. The molecule has 0 spiro atoms. The predicted molar refractivity (Wildman–Crippen MR) is 94.9 cm³/mol. The Morgan fingerprint density at radius 1 is 1.28 bits per heavy atom. The highest BCUT2D eigenvalue weighted by Crippen LogP contribution is 2.41. The molecule has 1 aliphatic carbocycles. The molecule has 1 amide bonds. The molecule has 2 saturated heterocycles. The van der Waals surface area contributed by atoms with E-state index in [2.05, 4.69) is 26.8 Å². The molecule has 2 aliphatic heterocycles. The minimum absolute atomic E-state index is 0.141. The second-order valence-corrected chi connectivity index (χ2v) is 8.05. The van der Waals surface area contributed by atoms with E-state index in [4.69, 9.17) is 4.74 Å². The van der Waals surface area contributed by atoms with Crippen molar-refractivity contribution in [3.8, 4) is 0 Å². The van der Waals surface area contributed by atoms with Crippen molar-refractivity contribution in [1.29, 1.82) is 0 Å². The van der Waals surface area contributed by atoms with Crippen molar-refractivity contribution >= 4 is 5.91 Å². The van der Waals surface area contributed by atoms with Gasteiger partial charge in [0.1, 0.15) is 5.82 Å². The van der Waals surface area contributed by atoms with E-state index >= 15 is 0 Å². The lowest BCUT2D eigenvalue weighted by Crippen LogP contribution is -2.45. The fraction of sp³-hybridized carbons (Fsp3) is 0.789. The summed E-state index contributed by atoms with van der Waals surface area (Å²) in [5, 5.41) is 3.40. The van der Waals surface area contributed by atoms with E-state index in [-0.39, 0.29) is 11.8 Å². The first-order valence-electron chi connectivity index (χ1n) is 9.69. The summed E-state index contributed by atoms with van der Waals surface area (Å²) in [6.45, 7) is 6.46. The van der Waals surface area contributed by atoms with Crippen LogP contribution in [0.2, 0.25) is 0 Å². The van der Waals surface area contributed by atoms with E-state index in [1.165, 1.54) is 18.5 Å². The highest BCUT2D eigenvalue weighted by Gasteiger charge is 2.43. The first kappa shape index (κ1) is 17.0. The van der Waals surface area contributed by atoms with Gasteiger partial charge >= 0.3 is 0 Å². The molecular weight excluding hydrogens is 316 g/mol. The van der Waals surface area contributed by atoms with E-state index in [1.54, 1.807) is 0 Å². The van der Waals surface area contributed by atoms with Crippen molar-refractivity contribution in [2.45, 2.75) is 45.2 Å². The number of hydrogen-bond donors (Lipinski definition) is 1. The van der Waals surface area contributed by atoms with Gasteiger partial charge < -0.3 is 14.6 Å². The summed E-state index contributed by atoms with van der Waals surface area (Å²) in [6.07, 6.45) is 6.37. The molecule has 3 fully saturated rings. The molecule has 1 aromatic rings. The standard InChI is InChI=1S/C19H30N4O2/c1-13-20-9-16(22(13)2)10-23-11-17(14-3-4-14)18(12-23)21-19(24)15-5-7-25-8-6-15/h9,14-15,17-18H,3-8,10-12H2,1-2H3,(H,21,24)/t17-,18+/m1/s1. The molecule has 6 heteroatoms. The van der Waals surface area contributed by atoms with Crippen LogP contribution in [0, 0.1) is 24.7 Å². The fourth-order valence-electron chi connectivity index (χ4n) is 4.38. The van der Waals surface area contributed by atoms with Gasteiger partial charge in [0, 0.05) is 58.1 Å². The molecule has 3 aliphatic rings. The van der Waals surface area contributed by atoms with Crippen molar-refractivity contribution < 1.29 is 9.53 Å². The van der Waals surface area contributed by atoms with Gasteiger partial charge in [0.25, 0.3) is 0 Å². The van der Waals surface area contributed by atoms with Crippen LogP contribution in [0.15, 0.2) is 6.20 Å². The minimum atomic E-state index is 0.141. The van der Waals surface area contributed by atoms with Gasteiger partial charge in [-0.05, 0) is 44.4 Å². The normalized spacial score (nSPS) is 28.4. The Balaban J connectivity index is 1.38. The maximum Gasteiger partial charge on any atom is 0.223 e. The quantitative estimate of drug-likeness (QED) is 0.877. The molecule has 0 aromatic carbocycles. The van der Waals surface area contributed by atoms with Gasteiger partial charge in [-0.3, -0.25) is 9.69 Å². The molecule has 25 heavy (non-hydrogen) atoms. The Morgan fingerprint density at radius 2 is 2.04 bits per heavy atom. The molecule has 1 saturated carbocycles. The third kappa shape index (κ3) is 3.75. The third-order valence-electron chi connectivity index (χ3n) is 6.29. The molecule has 4 rings (SSSR count). The smallest absolute Gasteiger partial charge is 0.223 e. The highest BCUT2D eigenvalue weighted by atomic mass is 16.5. The van der Waals surface area contributed by atoms with Gasteiger partial charge in [0.15, 0.2) is 0 Å². The number of aromatic nitrogens is 2. The number of rotatable bonds is 5. The van der Waals surface area contributed by atoms with Crippen LogP contribution in [0.1, 0.15) is 37.2 Å². The maximum atomic E-state index is 12.7. The molecule has 2 atom stereocenters. The van der Waals surface area contributed by atoms with Crippen LogP contribution in [0.25, 0.3) is 0 Å². The monoisotopic (exact) mass is 346 g/mol. The average molecular weight is 346 g/mol. The van der Waals surface area contributed by atoms with Crippen molar-refractivity contribution in [3.05, 3.63) is 17.7 Å². The van der Waals surface area contributed by atoms with Crippen LogP contribution < -0.4 is 5.32 Å². The number of nitrogens with zero attached hydrogens (tertiary/aromatic N) is 3. The van der Waals surface area contributed by atoms with E-state index in [0.29, 0.717) is 12.0 Å². The van der Waals surface area contributed by atoms with Gasteiger partial charge in [0.05, 0.1) is 5.69 Å². The lowest BCUT2D eigenvalue weighted by atomic mass is 9.95. The van der Waals surface area contributed by atoms with E-state index in [1.807, 2.05) is 13.1 Å². The van der Waals surface area contributed by atoms with Crippen LogP contribution in [0.3, 0.4) is 0 Å². The number of likely N-dealkylation sites (tertiary alicyclic amines) is 1. The number of nitrogens with one attached hydrogen (secondary N) is 1. The molecule has 0 bridgehead atoms. The largest absolute Gasteiger partial charge is 0.381 e. The summed E-state index contributed by atoms with van der Waals surface area (Å²) < 4.78 is 7.56. The Bertz CT molecular complexity index is 619. The third-order valence-corrected chi connectivity index (χ3v) is 6.29. The number of hydrogen-bond acceptors (Lipinski definition) is 4. The van der Waals surface area contributed by atoms with Crippen LogP contribution in [0.4, 0.5) is 0 Å². The van der Waals surface area contributed by atoms with Gasteiger partial charge in [-0.15, -0.1) is 0 Å². The molecular formula is C19H30N4O2. The van der Waals surface area contributed by atoms with Gasteiger partial charge in [-0.1, -0.05) is 0 Å². The number of carbonyl (C=O) groups excluding carboxylic acids is 1. The first-order valence-corrected chi connectivity index (χ1v) is 9.69. The number of amides is 1. The Labute approximate surface area is 149 Å². The SMILES string of the molecule is Cc1ncc(CN2C[C@H](NC(=O)C3CCOCC3)[C@@H](C3CC3)C2)n1C.